The number of halogens is 1. The van der Waals surface area contributed by atoms with Crippen molar-refractivity contribution in [3.05, 3.63) is 40.3 Å². The van der Waals surface area contributed by atoms with E-state index in [2.05, 4.69) is 15.9 Å². The van der Waals surface area contributed by atoms with Crippen LogP contribution in [0.25, 0.3) is 0 Å². The van der Waals surface area contributed by atoms with Gasteiger partial charge in [-0.15, -0.1) is 0 Å². The first-order chi connectivity index (χ1) is 9.63. The first-order valence-electron chi connectivity index (χ1n) is 6.01. The highest BCUT2D eigenvalue weighted by atomic mass is 79.9. The highest BCUT2D eigenvalue weighted by Gasteiger charge is 2.19. The van der Waals surface area contributed by atoms with Crippen molar-refractivity contribution in [3.63, 3.8) is 0 Å². The molecule has 104 valence electrons. The Morgan fingerprint density at radius 2 is 1.95 bits per heavy atom. The molecule has 0 radical (unpaired) electrons. The molecule has 1 aliphatic rings. The van der Waals surface area contributed by atoms with Gasteiger partial charge in [-0.1, -0.05) is 0 Å². The van der Waals surface area contributed by atoms with Crippen LogP contribution in [-0.4, -0.2) is 19.2 Å². The monoisotopic (exact) mass is 338 g/mol. The van der Waals surface area contributed by atoms with Crippen molar-refractivity contribution >= 4 is 21.9 Å². The minimum absolute atomic E-state index is 0.173. The molecule has 20 heavy (non-hydrogen) atoms. The standard InChI is InChI=1S/C14H11BrO5/c1-8-6-12(15)20-13(8)14(16)19-9-2-3-10-11(7-9)18-5-4-17-10/h2-3,6-7H,4-5H2,1H3. The summed E-state index contributed by atoms with van der Waals surface area (Å²) < 4.78 is 21.8. The Morgan fingerprint density at radius 1 is 1.20 bits per heavy atom. The molecule has 0 N–H and O–H groups in total. The molecule has 5 nitrogen and oxygen atoms in total. The molecular weight excluding hydrogens is 328 g/mol. The average molecular weight is 339 g/mol. The van der Waals surface area contributed by atoms with Crippen LogP contribution in [0.1, 0.15) is 16.1 Å². The lowest BCUT2D eigenvalue weighted by Crippen LogP contribution is -2.15. The number of hydrogen-bond donors (Lipinski definition) is 0. The molecule has 0 unspecified atom stereocenters. The fourth-order valence-corrected chi connectivity index (χ4v) is 2.39. The van der Waals surface area contributed by atoms with Crippen LogP contribution in [0.3, 0.4) is 0 Å². The molecule has 0 saturated carbocycles. The van der Waals surface area contributed by atoms with Gasteiger partial charge in [-0.05, 0) is 41.1 Å². The SMILES string of the molecule is Cc1cc(Br)oc1C(=O)Oc1ccc2c(c1)OCCO2. The van der Waals surface area contributed by atoms with Crippen LogP contribution in [0.2, 0.25) is 0 Å². The Balaban J connectivity index is 1.81. The first-order valence-corrected chi connectivity index (χ1v) is 6.80. The second kappa shape index (κ2) is 5.20. The fourth-order valence-electron chi connectivity index (χ4n) is 1.89. The summed E-state index contributed by atoms with van der Waals surface area (Å²) in [6, 6.07) is 6.70. The van der Waals surface area contributed by atoms with E-state index in [9.17, 15) is 4.79 Å². The van der Waals surface area contributed by atoms with Crippen molar-refractivity contribution in [2.45, 2.75) is 6.92 Å². The summed E-state index contributed by atoms with van der Waals surface area (Å²) in [7, 11) is 0. The van der Waals surface area contributed by atoms with Gasteiger partial charge in [0.25, 0.3) is 0 Å². The first kappa shape index (κ1) is 13.1. The second-order valence-electron chi connectivity index (χ2n) is 4.26. The molecule has 0 aliphatic carbocycles. The second-order valence-corrected chi connectivity index (χ2v) is 5.04. The van der Waals surface area contributed by atoms with E-state index in [-0.39, 0.29) is 5.76 Å². The van der Waals surface area contributed by atoms with Crippen LogP contribution in [-0.2, 0) is 0 Å². The van der Waals surface area contributed by atoms with Gasteiger partial charge in [0, 0.05) is 11.6 Å². The molecule has 2 aromatic rings. The summed E-state index contributed by atoms with van der Waals surface area (Å²) in [5.74, 6) is 1.22. The zero-order chi connectivity index (χ0) is 14.1. The fraction of sp³-hybridized carbons (Fsp3) is 0.214. The number of ether oxygens (including phenoxy) is 3. The number of benzene rings is 1. The summed E-state index contributed by atoms with van der Waals surface area (Å²) in [6.45, 7) is 2.77. The van der Waals surface area contributed by atoms with Gasteiger partial charge >= 0.3 is 5.97 Å². The Bertz CT molecular complexity index is 662. The van der Waals surface area contributed by atoms with Crippen molar-refractivity contribution in [2.24, 2.45) is 0 Å². The Hall–Kier alpha value is -1.95. The van der Waals surface area contributed by atoms with Gasteiger partial charge in [-0.25, -0.2) is 4.79 Å². The normalized spacial score (nSPS) is 13.1. The molecular formula is C14H11BrO5. The third-order valence-electron chi connectivity index (χ3n) is 2.80. The van der Waals surface area contributed by atoms with Gasteiger partial charge in [0.15, 0.2) is 16.2 Å². The molecule has 3 rings (SSSR count). The molecule has 0 atom stereocenters. The summed E-state index contributed by atoms with van der Waals surface area (Å²) in [5, 5.41) is 0. The van der Waals surface area contributed by atoms with Gasteiger partial charge in [0.2, 0.25) is 5.76 Å². The maximum atomic E-state index is 12.0. The summed E-state index contributed by atoms with van der Waals surface area (Å²) in [5.41, 5.74) is 0.708. The number of furan rings is 1. The summed E-state index contributed by atoms with van der Waals surface area (Å²) in [4.78, 5) is 12.0. The van der Waals surface area contributed by atoms with E-state index in [0.717, 1.165) is 0 Å². The summed E-state index contributed by atoms with van der Waals surface area (Å²) in [6.07, 6.45) is 0. The highest BCUT2D eigenvalue weighted by molar-refractivity contribution is 9.10. The third kappa shape index (κ3) is 2.51. The predicted octanol–water partition coefficient (Wildman–Crippen LogP) is 3.34. The number of carbonyl (C=O) groups is 1. The Morgan fingerprint density at radius 3 is 2.65 bits per heavy atom. The maximum Gasteiger partial charge on any atom is 0.379 e. The van der Waals surface area contributed by atoms with Crippen molar-refractivity contribution < 1.29 is 23.4 Å². The maximum absolute atomic E-state index is 12.0. The van der Waals surface area contributed by atoms with Crippen LogP contribution >= 0.6 is 15.9 Å². The Kier molecular flexibility index (Phi) is 3.40. The zero-order valence-electron chi connectivity index (χ0n) is 10.6. The lowest BCUT2D eigenvalue weighted by molar-refractivity contribution is 0.0697. The average Bonchev–Trinajstić information content (AvgIpc) is 2.78. The van der Waals surface area contributed by atoms with E-state index < -0.39 is 5.97 Å². The van der Waals surface area contributed by atoms with Crippen molar-refractivity contribution in [1.82, 2.24) is 0 Å². The largest absolute Gasteiger partial charge is 0.486 e. The smallest absolute Gasteiger partial charge is 0.379 e. The summed E-state index contributed by atoms with van der Waals surface area (Å²) >= 11 is 3.18. The van der Waals surface area contributed by atoms with Crippen LogP contribution in [0, 0.1) is 6.92 Å². The molecule has 1 aromatic carbocycles. The Labute approximate surface area is 123 Å². The molecule has 0 spiro atoms. The van der Waals surface area contributed by atoms with Crippen LogP contribution < -0.4 is 14.2 Å². The molecule has 0 saturated heterocycles. The van der Waals surface area contributed by atoms with Gasteiger partial charge < -0.3 is 18.6 Å². The number of aryl methyl sites for hydroxylation is 1. The van der Waals surface area contributed by atoms with Gasteiger partial charge in [-0.2, -0.15) is 0 Å². The minimum atomic E-state index is -0.551. The molecule has 1 aromatic heterocycles. The number of carbonyl (C=O) groups excluding carboxylic acids is 1. The topological polar surface area (TPSA) is 57.9 Å². The molecule has 1 aliphatic heterocycles. The lowest BCUT2D eigenvalue weighted by atomic mass is 10.2. The van der Waals surface area contributed by atoms with E-state index in [1.165, 1.54) is 0 Å². The zero-order valence-corrected chi connectivity index (χ0v) is 12.2. The third-order valence-corrected chi connectivity index (χ3v) is 3.19. The van der Waals surface area contributed by atoms with Gasteiger partial charge in [0.1, 0.15) is 19.0 Å². The van der Waals surface area contributed by atoms with E-state index in [1.807, 2.05) is 0 Å². The molecule has 2 heterocycles. The quantitative estimate of drug-likeness (QED) is 0.620. The van der Waals surface area contributed by atoms with E-state index >= 15 is 0 Å². The highest BCUT2D eigenvalue weighted by Crippen LogP contribution is 2.34. The van der Waals surface area contributed by atoms with Gasteiger partial charge in [0.05, 0.1) is 0 Å². The van der Waals surface area contributed by atoms with E-state index in [0.29, 0.717) is 40.7 Å². The van der Waals surface area contributed by atoms with Crippen molar-refractivity contribution in [2.75, 3.05) is 13.2 Å². The van der Waals surface area contributed by atoms with Crippen molar-refractivity contribution in [1.29, 1.82) is 0 Å². The molecule has 0 fully saturated rings. The lowest BCUT2D eigenvalue weighted by Gasteiger charge is -2.18. The molecule has 0 amide bonds. The number of rotatable bonds is 2. The molecule has 6 heteroatoms. The predicted molar refractivity (Wildman–Crippen MR) is 73.5 cm³/mol. The van der Waals surface area contributed by atoms with Crippen LogP contribution in [0.4, 0.5) is 0 Å². The van der Waals surface area contributed by atoms with Crippen molar-refractivity contribution in [3.8, 4) is 17.2 Å². The van der Waals surface area contributed by atoms with E-state index in [4.69, 9.17) is 18.6 Å². The van der Waals surface area contributed by atoms with Crippen LogP contribution in [0.15, 0.2) is 33.4 Å². The van der Waals surface area contributed by atoms with Crippen LogP contribution in [0.5, 0.6) is 17.2 Å². The van der Waals surface area contributed by atoms with E-state index in [1.54, 1.807) is 31.2 Å². The number of esters is 1. The minimum Gasteiger partial charge on any atom is -0.486 e. The molecule has 0 bridgehead atoms. The number of hydrogen-bond acceptors (Lipinski definition) is 5. The van der Waals surface area contributed by atoms with Gasteiger partial charge in [-0.3, -0.25) is 0 Å². The number of fused-ring (bicyclic) bond motifs is 1.